The SMILES string of the molecule is CCCCOC(=O)c1ccc(C=C(C)c2cc3c(cc2CC(C)C)C(C)(C)CC3(C)C)cc1. The third kappa shape index (κ3) is 5.78. The number of hydrogen-bond donors (Lipinski definition) is 0. The number of benzene rings is 2. The summed E-state index contributed by atoms with van der Waals surface area (Å²) in [5.74, 6) is 0.364. The lowest BCUT2D eigenvalue weighted by Crippen LogP contribution is -2.18. The molecule has 0 bridgehead atoms. The van der Waals surface area contributed by atoms with Crippen molar-refractivity contribution in [3.8, 4) is 0 Å². The molecule has 0 unspecified atom stereocenters. The van der Waals surface area contributed by atoms with Gasteiger partial charge in [-0.15, -0.1) is 0 Å². The van der Waals surface area contributed by atoms with Crippen molar-refractivity contribution < 1.29 is 9.53 Å². The molecule has 2 aromatic carbocycles. The Balaban J connectivity index is 1.94. The molecule has 0 radical (unpaired) electrons. The summed E-state index contributed by atoms with van der Waals surface area (Å²) in [4.78, 5) is 12.2. The number of ether oxygens (including phenoxy) is 1. The Morgan fingerprint density at radius 2 is 1.64 bits per heavy atom. The van der Waals surface area contributed by atoms with Crippen molar-refractivity contribution >= 4 is 17.6 Å². The minimum absolute atomic E-state index is 0.185. The van der Waals surface area contributed by atoms with Gasteiger partial charge in [0.25, 0.3) is 0 Å². The van der Waals surface area contributed by atoms with Gasteiger partial charge in [0.05, 0.1) is 12.2 Å². The maximum atomic E-state index is 12.2. The zero-order chi connectivity index (χ0) is 24.4. The second kappa shape index (κ2) is 9.87. The van der Waals surface area contributed by atoms with E-state index in [0.29, 0.717) is 18.1 Å². The first-order valence-electron chi connectivity index (χ1n) is 12.6. The molecule has 33 heavy (non-hydrogen) atoms. The quantitative estimate of drug-likeness (QED) is 0.231. The predicted molar refractivity (Wildman–Crippen MR) is 141 cm³/mol. The van der Waals surface area contributed by atoms with Crippen LogP contribution in [-0.2, 0) is 22.0 Å². The summed E-state index contributed by atoms with van der Waals surface area (Å²) in [6.45, 7) is 18.9. The van der Waals surface area contributed by atoms with E-state index in [4.69, 9.17) is 4.74 Å². The lowest BCUT2D eigenvalue weighted by atomic mass is 9.82. The van der Waals surface area contributed by atoms with Crippen LogP contribution in [0, 0.1) is 5.92 Å². The van der Waals surface area contributed by atoms with Crippen molar-refractivity contribution in [2.24, 2.45) is 5.92 Å². The maximum Gasteiger partial charge on any atom is 0.338 e. The van der Waals surface area contributed by atoms with Crippen molar-refractivity contribution in [1.29, 1.82) is 0 Å². The highest BCUT2D eigenvalue weighted by molar-refractivity contribution is 5.90. The van der Waals surface area contributed by atoms with E-state index >= 15 is 0 Å². The average Bonchev–Trinajstić information content (AvgIpc) is 2.90. The molecule has 0 heterocycles. The first kappa shape index (κ1) is 25.3. The van der Waals surface area contributed by atoms with E-state index in [1.807, 2.05) is 24.3 Å². The van der Waals surface area contributed by atoms with Crippen LogP contribution >= 0.6 is 0 Å². The van der Waals surface area contributed by atoms with E-state index in [0.717, 1.165) is 24.8 Å². The molecular weight excluding hydrogens is 404 g/mol. The van der Waals surface area contributed by atoms with Crippen molar-refractivity contribution in [3.05, 3.63) is 69.8 Å². The van der Waals surface area contributed by atoms with Crippen molar-refractivity contribution in [2.75, 3.05) is 6.61 Å². The molecule has 1 aliphatic carbocycles. The van der Waals surface area contributed by atoms with Crippen LogP contribution in [0.2, 0.25) is 0 Å². The predicted octanol–water partition coefficient (Wildman–Crippen LogP) is 8.36. The molecule has 1 aliphatic rings. The fourth-order valence-corrected chi connectivity index (χ4v) is 5.47. The van der Waals surface area contributed by atoms with Gasteiger partial charge in [-0.3, -0.25) is 0 Å². The fourth-order valence-electron chi connectivity index (χ4n) is 5.47. The zero-order valence-electron chi connectivity index (χ0n) is 22.0. The average molecular weight is 447 g/mol. The summed E-state index contributed by atoms with van der Waals surface area (Å²) in [6, 6.07) is 12.7. The van der Waals surface area contributed by atoms with Gasteiger partial charge in [-0.1, -0.05) is 85.2 Å². The van der Waals surface area contributed by atoms with Crippen LogP contribution in [0.15, 0.2) is 36.4 Å². The van der Waals surface area contributed by atoms with E-state index in [1.165, 1.54) is 34.2 Å². The number of unbranched alkanes of at least 4 members (excludes halogenated alkanes) is 1. The van der Waals surface area contributed by atoms with Crippen molar-refractivity contribution in [2.45, 2.75) is 91.9 Å². The van der Waals surface area contributed by atoms with Gasteiger partial charge in [0.1, 0.15) is 0 Å². The van der Waals surface area contributed by atoms with Crippen LogP contribution in [0.25, 0.3) is 11.6 Å². The molecule has 3 rings (SSSR count). The Morgan fingerprint density at radius 1 is 1.03 bits per heavy atom. The van der Waals surface area contributed by atoms with E-state index in [9.17, 15) is 4.79 Å². The highest BCUT2D eigenvalue weighted by Crippen LogP contribution is 2.50. The Labute approximate surface area is 201 Å². The lowest BCUT2D eigenvalue weighted by molar-refractivity contribution is 0.0499. The summed E-state index contributed by atoms with van der Waals surface area (Å²) in [7, 11) is 0. The van der Waals surface area contributed by atoms with Crippen LogP contribution < -0.4 is 0 Å². The first-order chi connectivity index (χ1) is 15.4. The lowest BCUT2D eigenvalue weighted by Gasteiger charge is -2.22. The topological polar surface area (TPSA) is 26.3 Å². The summed E-state index contributed by atoms with van der Waals surface area (Å²) < 4.78 is 5.34. The Morgan fingerprint density at radius 3 is 2.21 bits per heavy atom. The zero-order valence-corrected chi connectivity index (χ0v) is 22.0. The number of esters is 1. The molecule has 0 aliphatic heterocycles. The van der Waals surface area contributed by atoms with Crippen molar-refractivity contribution in [1.82, 2.24) is 0 Å². The number of fused-ring (bicyclic) bond motifs is 1. The normalized spacial score (nSPS) is 16.7. The van der Waals surface area contributed by atoms with Gasteiger partial charge in [-0.2, -0.15) is 0 Å². The Hall–Kier alpha value is -2.35. The molecule has 0 fully saturated rings. The molecular formula is C31H42O2. The Bertz CT molecular complexity index is 1020. The molecule has 0 atom stereocenters. The van der Waals surface area contributed by atoms with E-state index in [1.54, 1.807) is 0 Å². The van der Waals surface area contributed by atoms with Gasteiger partial charge in [0, 0.05) is 0 Å². The third-order valence-corrected chi connectivity index (χ3v) is 6.90. The monoisotopic (exact) mass is 446 g/mol. The van der Waals surface area contributed by atoms with E-state index < -0.39 is 0 Å². The summed E-state index contributed by atoms with van der Waals surface area (Å²) in [5.41, 5.74) is 9.20. The minimum Gasteiger partial charge on any atom is -0.462 e. The largest absolute Gasteiger partial charge is 0.462 e. The molecule has 0 aromatic heterocycles. The van der Waals surface area contributed by atoms with Crippen LogP contribution in [-0.4, -0.2) is 12.6 Å². The first-order valence-corrected chi connectivity index (χ1v) is 12.6. The van der Waals surface area contributed by atoms with E-state index in [2.05, 4.69) is 73.6 Å². The molecule has 178 valence electrons. The molecule has 0 saturated carbocycles. The molecule has 0 N–H and O–H groups in total. The molecule has 0 amide bonds. The van der Waals surface area contributed by atoms with Gasteiger partial charge in [-0.25, -0.2) is 4.79 Å². The van der Waals surface area contributed by atoms with Crippen LogP contribution in [0.4, 0.5) is 0 Å². The number of allylic oxidation sites excluding steroid dienone is 1. The van der Waals surface area contributed by atoms with Gasteiger partial charge in [0.2, 0.25) is 0 Å². The highest BCUT2D eigenvalue weighted by atomic mass is 16.5. The van der Waals surface area contributed by atoms with Crippen molar-refractivity contribution in [3.63, 3.8) is 0 Å². The van der Waals surface area contributed by atoms with Crippen LogP contribution in [0.1, 0.15) is 113 Å². The third-order valence-electron chi connectivity index (χ3n) is 6.90. The Kier molecular flexibility index (Phi) is 7.56. The molecule has 2 heteroatoms. The molecule has 2 nitrogen and oxygen atoms in total. The second-order valence-electron chi connectivity index (χ2n) is 11.5. The number of hydrogen-bond acceptors (Lipinski definition) is 2. The van der Waals surface area contributed by atoms with E-state index in [-0.39, 0.29) is 16.8 Å². The number of rotatable bonds is 8. The minimum atomic E-state index is -0.238. The summed E-state index contributed by atoms with van der Waals surface area (Å²) in [6.07, 6.45) is 6.42. The number of carbonyl (C=O) groups is 1. The summed E-state index contributed by atoms with van der Waals surface area (Å²) >= 11 is 0. The maximum absolute atomic E-state index is 12.2. The van der Waals surface area contributed by atoms with Gasteiger partial charge in [0.15, 0.2) is 0 Å². The molecule has 0 saturated heterocycles. The number of carbonyl (C=O) groups excluding carboxylic acids is 1. The summed E-state index contributed by atoms with van der Waals surface area (Å²) in [5, 5.41) is 0. The van der Waals surface area contributed by atoms with Gasteiger partial charge >= 0.3 is 5.97 Å². The van der Waals surface area contributed by atoms with Crippen LogP contribution in [0.5, 0.6) is 0 Å². The second-order valence-corrected chi connectivity index (χ2v) is 11.5. The molecule has 0 spiro atoms. The highest BCUT2D eigenvalue weighted by Gasteiger charge is 2.42. The van der Waals surface area contributed by atoms with Gasteiger partial charge < -0.3 is 4.74 Å². The van der Waals surface area contributed by atoms with Crippen LogP contribution in [0.3, 0.4) is 0 Å². The smallest absolute Gasteiger partial charge is 0.338 e. The molecule has 2 aromatic rings. The fraction of sp³-hybridized carbons (Fsp3) is 0.516. The van der Waals surface area contributed by atoms with Gasteiger partial charge in [-0.05, 0) is 88.5 Å². The standard InChI is InChI=1S/C31H42O2/c1-9-10-15-33-29(32)24-13-11-23(12-14-24)17-22(4)26-19-28-27(18-25(26)16-21(2)3)30(5,6)20-31(28,7)8/h11-14,17-19,21H,9-10,15-16,20H2,1-8H3.